The summed E-state index contributed by atoms with van der Waals surface area (Å²) in [6, 6.07) is 4.03. The number of aryl methyl sites for hydroxylation is 1. The molecule has 2 heterocycles. The minimum Gasteiger partial charge on any atom is -0.322 e. The Hall–Kier alpha value is 0.214. The van der Waals surface area contributed by atoms with Gasteiger partial charge in [0.1, 0.15) is 0 Å². The van der Waals surface area contributed by atoms with Crippen molar-refractivity contribution in [2.45, 2.75) is 6.92 Å². The van der Waals surface area contributed by atoms with Gasteiger partial charge in [-0.25, -0.2) is 0 Å². The molecule has 0 aromatic carbocycles. The van der Waals surface area contributed by atoms with Crippen LogP contribution in [0.4, 0.5) is 0 Å². The third-order valence-corrected chi connectivity index (χ3v) is 2.40. The first-order valence-electron chi connectivity index (χ1n) is 3.10. The molecule has 0 fully saturated rings. The zero-order valence-corrected chi connectivity index (χ0v) is 9.82. The van der Waals surface area contributed by atoms with Crippen molar-refractivity contribution in [3.05, 3.63) is 29.3 Å². The van der Waals surface area contributed by atoms with E-state index in [-0.39, 0.29) is 32.7 Å². The van der Waals surface area contributed by atoms with E-state index in [4.69, 9.17) is 0 Å². The Labute approximate surface area is 94.7 Å². The van der Waals surface area contributed by atoms with Crippen LogP contribution >= 0.6 is 11.3 Å². The number of rotatable bonds is 0. The van der Waals surface area contributed by atoms with E-state index in [1.165, 1.54) is 10.9 Å². The molecule has 3 heteroatoms. The Morgan fingerprint density at radius 2 is 2.36 bits per heavy atom. The van der Waals surface area contributed by atoms with E-state index in [9.17, 15) is 0 Å². The number of pyridine rings is 1. The molecule has 0 aliphatic heterocycles. The van der Waals surface area contributed by atoms with Crippen molar-refractivity contribution in [3.8, 4) is 0 Å². The predicted molar refractivity (Wildman–Crippen MR) is 43.2 cm³/mol. The Bertz CT molecular complexity index is 356. The van der Waals surface area contributed by atoms with Gasteiger partial charge in [0.25, 0.3) is 0 Å². The van der Waals surface area contributed by atoms with Gasteiger partial charge in [0.15, 0.2) is 0 Å². The van der Waals surface area contributed by atoms with Gasteiger partial charge >= 0.3 is 0 Å². The molecule has 0 unspecified atom stereocenters. The zero-order valence-electron chi connectivity index (χ0n) is 6.16. The maximum Gasteiger partial charge on any atom is 0.0111 e. The molecule has 2 aromatic rings. The molecule has 53 valence electrons. The van der Waals surface area contributed by atoms with Crippen molar-refractivity contribution in [1.29, 1.82) is 0 Å². The van der Waals surface area contributed by atoms with Gasteiger partial charge in [0.05, 0.1) is 0 Å². The van der Waals surface area contributed by atoms with Crippen LogP contribution in [0.15, 0.2) is 18.3 Å². The maximum absolute atomic E-state index is 4.19. The van der Waals surface area contributed by atoms with Gasteiger partial charge in [-0.3, -0.25) is 11.3 Å². The fourth-order valence-corrected chi connectivity index (χ4v) is 1.74. The number of aromatic nitrogens is 1. The first-order chi connectivity index (χ1) is 4.88. The second-order valence-corrected chi connectivity index (χ2v) is 2.98. The molecule has 11 heavy (non-hydrogen) atoms. The molecule has 0 spiro atoms. The molecule has 0 aliphatic rings. The van der Waals surface area contributed by atoms with Gasteiger partial charge in [-0.15, -0.1) is 16.8 Å². The molecule has 0 bridgehead atoms. The molecule has 0 N–H and O–H groups in total. The van der Waals surface area contributed by atoms with Crippen LogP contribution in [-0.4, -0.2) is 4.98 Å². The molecule has 1 radical (unpaired) electrons. The molecular formula is C8H6NSY-. The first-order valence-corrected chi connectivity index (χ1v) is 3.91. The molecule has 0 amide bonds. The van der Waals surface area contributed by atoms with Gasteiger partial charge in [-0.1, -0.05) is 13.0 Å². The summed E-state index contributed by atoms with van der Waals surface area (Å²) in [5.74, 6) is 0. The van der Waals surface area contributed by atoms with Crippen molar-refractivity contribution < 1.29 is 32.7 Å². The van der Waals surface area contributed by atoms with Crippen LogP contribution in [0, 0.1) is 12.3 Å². The van der Waals surface area contributed by atoms with Crippen LogP contribution < -0.4 is 0 Å². The molecule has 0 atom stereocenters. The molecule has 0 aliphatic carbocycles. The van der Waals surface area contributed by atoms with E-state index in [0.717, 1.165) is 4.83 Å². The molecule has 0 saturated heterocycles. The van der Waals surface area contributed by atoms with Gasteiger partial charge < -0.3 is 4.98 Å². The van der Waals surface area contributed by atoms with E-state index in [0.29, 0.717) is 0 Å². The second-order valence-electron chi connectivity index (χ2n) is 2.19. The minimum atomic E-state index is 0. The van der Waals surface area contributed by atoms with Crippen LogP contribution in [0.2, 0.25) is 0 Å². The molecule has 0 saturated carbocycles. The van der Waals surface area contributed by atoms with E-state index in [2.05, 4.69) is 23.4 Å². The quantitative estimate of drug-likeness (QED) is 0.641. The largest absolute Gasteiger partial charge is 0.322 e. The van der Waals surface area contributed by atoms with Gasteiger partial charge in [-0.05, 0) is 4.83 Å². The van der Waals surface area contributed by atoms with Crippen LogP contribution in [0.25, 0.3) is 10.2 Å². The van der Waals surface area contributed by atoms with Gasteiger partial charge in [0.2, 0.25) is 0 Å². The van der Waals surface area contributed by atoms with E-state index in [1.807, 2.05) is 12.3 Å². The third-order valence-electron chi connectivity index (χ3n) is 1.48. The summed E-state index contributed by atoms with van der Waals surface area (Å²) in [5.41, 5.74) is 1.20. The summed E-state index contributed by atoms with van der Waals surface area (Å²) in [5, 5.41) is 4.38. The summed E-state index contributed by atoms with van der Waals surface area (Å²) in [7, 11) is 0. The van der Waals surface area contributed by atoms with Crippen molar-refractivity contribution in [3.63, 3.8) is 0 Å². The van der Waals surface area contributed by atoms with E-state index >= 15 is 0 Å². The molecular weight excluding hydrogens is 231 g/mol. The minimum absolute atomic E-state index is 0. The summed E-state index contributed by atoms with van der Waals surface area (Å²) in [6.45, 7) is 2.06. The average molecular weight is 237 g/mol. The van der Waals surface area contributed by atoms with Gasteiger partial charge in [0, 0.05) is 38.9 Å². The van der Waals surface area contributed by atoms with E-state index in [1.54, 1.807) is 11.3 Å². The number of fused-ring (bicyclic) bond motifs is 1. The van der Waals surface area contributed by atoms with Gasteiger partial charge in [-0.2, -0.15) is 5.56 Å². The second kappa shape index (κ2) is 3.75. The maximum atomic E-state index is 4.19. The van der Waals surface area contributed by atoms with Crippen LogP contribution in [0.3, 0.4) is 0 Å². The van der Waals surface area contributed by atoms with Crippen molar-refractivity contribution >= 4 is 21.6 Å². The van der Waals surface area contributed by atoms with Crippen LogP contribution in [-0.2, 0) is 32.7 Å². The predicted octanol–water partition coefficient (Wildman–Crippen LogP) is 2.40. The topological polar surface area (TPSA) is 12.9 Å². The first kappa shape index (κ1) is 9.30. The Morgan fingerprint density at radius 1 is 1.55 bits per heavy atom. The Morgan fingerprint density at radius 3 is 3.09 bits per heavy atom. The standard InChI is InChI=1S/C8H6NS.Y/c1-6-5-10-8-7(6)3-2-4-9-8;/h2-4H,1H3;/q-1;. The van der Waals surface area contributed by atoms with Crippen molar-refractivity contribution in [2.24, 2.45) is 0 Å². The summed E-state index contributed by atoms with van der Waals surface area (Å²) >= 11 is 1.58. The molecule has 2 rings (SSSR count). The average Bonchev–Trinajstić information content (AvgIpc) is 2.34. The van der Waals surface area contributed by atoms with Crippen LogP contribution in [0.5, 0.6) is 0 Å². The summed E-state index contributed by atoms with van der Waals surface area (Å²) in [6.07, 6.45) is 1.81. The van der Waals surface area contributed by atoms with Crippen molar-refractivity contribution in [1.82, 2.24) is 4.98 Å². The monoisotopic (exact) mass is 237 g/mol. The fourth-order valence-electron chi connectivity index (χ4n) is 0.937. The third kappa shape index (κ3) is 1.69. The number of hydrogen-bond acceptors (Lipinski definition) is 2. The van der Waals surface area contributed by atoms with Crippen LogP contribution in [0.1, 0.15) is 5.56 Å². The number of nitrogens with zero attached hydrogens (tertiary/aromatic N) is 1. The summed E-state index contributed by atoms with van der Waals surface area (Å²) < 4.78 is 0. The molecule has 2 aromatic heterocycles. The Kier molecular flexibility index (Phi) is 3.17. The number of hydrogen-bond donors (Lipinski definition) is 0. The summed E-state index contributed by atoms with van der Waals surface area (Å²) in [4.78, 5) is 5.27. The number of thiophene rings is 1. The smallest absolute Gasteiger partial charge is 0.0111 e. The molecule has 1 nitrogen and oxygen atoms in total. The van der Waals surface area contributed by atoms with Crippen molar-refractivity contribution in [2.75, 3.05) is 0 Å². The van der Waals surface area contributed by atoms with E-state index < -0.39 is 0 Å². The Balaban J connectivity index is 0.000000605. The fraction of sp³-hybridized carbons (Fsp3) is 0.125. The SMILES string of the molecule is Cc1[c-]sc2ncccc12.[Y]. The zero-order chi connectivity index (χ0) is 6.97. The normalized spacial score (nSPS) is 9.55.